The number of para-hydroxylation sites is 1. The van der Waals surface area contributed by atoms with Crippen molar-refractivity contribution in [3.63, 3.8) is 0 Å². The van der Waals surface area contributed by atoms with Gasteiger partial charge in [0.2, 0.25) is 0 Å². The number of nitrogens with two attached hydrogens (primary N) is 1. The maximum atomic E-state index is 12.9. The first-order chi connectivity index (χ1) is 12.4. The van der Waals surface area contributed by atoms with Crippen molar-refractivity contribution in [3.05, 3.63) is 65.9 Å². The molecule has 132 valence electrons. The summed E-state index contributed by atoms with van der Waals surface area (Å²) in [7, 11) is 1.93. The van der Waals surface area contributed by atoms with Gasteiger partial charge in [-0.25, -0.2) is 4.98 Å². The standard InChI is InChI=1S/C20H16F3N3/c1-26-17-5-3-2-4-15(17)16-10-14(11-24)25-18(19(16)26)12-6-8-13(9-7-12)20(21,22)23/h2-10H,11,24H2,1H3. The third-order valence-electron chi connectivity index (χ3n) is 4.63. The Hall–Kier alpha value is -2.86. The Kier molecular flexibility index (Phi) is 3.73. The molecule has 0 bridgehead atoms. The molecule has 0 aliphatic rings. The highest BCUT2D eigenvalue weighted by Crippen LogP contribution is 2.36. The summed E-state index contributed by atoms with van der Waals surface area (Å²) >= 11 is 0. The van der Waals surface area contributed by atoms with Gasteiger partial charge in [-0.3, -0.25) is 0 Å². The lowest BCUT2D eigenvalue weighted by atomic mass is 10.0. The highest BCUT2D eigenvalue weighted by Gasteiger charge is 2.30. The van der Waals surface area contributed by atoms with Crippen LogP contribution < -0.4 is 5.73 Å². The lowest BCUT2D eigenvalue weighted by Crippen LogP contribution is -2.05. The van der Waals surface area contributed by atoms with Crippen molar-refractivity contribution in [1.82, 2.24) is 9.55 Å². The van der Waals surface area contributed by atoms with E-state index in [1.165, 1.54) is 12.1 Å². The van der Waals surface area contributed by atoms with Crippen molar-refractivity contribution in [2.24, 2.45) is 12.8 Å². The molecule has 3 nitrogen and oxygen atoms in total. The minimum absolute atomic E-state index is 0.257. The molecule has 2 heterocycles. The molecule has 0 saturated heterocycles. The molecule has 0 aliphatic carbocycles. The van der Waals surface area contributed by atoms with Gasteiger partial charge in [0.25, 0.3) is 0 Å². The fourth-order valence-electron chi connectivity index (χ4n) is 3.37. The summed E-state index contributed by atoms with van der Waals surface area (Å²) < 4.78 is 40.6. The number of hydrogen-bond donors (Lipinski definition) is 1. The lowest BCUT2D eigenvalue weighted by Gasteiger charge is -2.10. The second-order valence-corrected chi connectivity index (χ2v) is 6.21. The Morgan fingerprint density at radius 3 is 2.35 bits per heavy atom. The monoisotopic (exact) mass is 355 g/mol. The average Bonchev–Trinajstić information content (AvgIpc) is 2.93. The molecule has 26 heavy (non-hydrogen) atoms. The summed E-state index contributed by atoms with van der Waals surface area (Å²) in [6.45, 7) is 0.257. The second-order valence-electron chi connectivity index (χ2n) is 6.21. The van der Waals surface area contributed by atoms with Crippen LogP contribution in [-0.4, -0.2) is 9.55 Å². The van der Waals surface area contributed by atoms with Crippen LogP contribution in [0.15, 0.2) is 54.6 Å². The van der Waals surface area contributed by atoms with Crippen LogP contribution in [0.3, 0.4) is 0 Å². The van der Waals surface area contributed by atoms with Gasteiger partial charge < -0.3 is 10.3 Å². The van der Waals surface area contributed by atoms with E-state index in [2.05, 4.69) is 4.98 Å². The van der Waals surface area contributed by atoms with Crippen LogP contribution in [0.1, 0.15) is 11.3 Å². The van der Waals surface area contributed by atoms with Crippen LogP contribution in [0.2, 0.25) is 0 Å². The van der Waals surface area contributed by atoms with Crippen molar-refractivity contribution in [2.45, 2.75) is 12.7 Å². The van der Waals surface area contributed by atoms with E-state index in [-0.39, 0.29) is 6.54 Å². The number of rotatable bonds is 2. The molecule has 0 spiro atoms. The van der Waals surface area contributed by atoms with Gasteiger partial charge in [-0.15, -0.1) is 0 Å². The first-order valence-corrected chi connectivity index (χ1v) is 8.15. The minimum atomic E-state index is -4.36. The molecule has 4 rings (SSSR count). The number of nitrogens with zero attached hydrogens (tertiary/aromatic N) is 2. The zero-order chi connectivity index (χ0) is 18.5. The maximum Gasteiger partial charge on any atom is 0.416 e. The summed E-state index contributed by atoms with van der Waals surface area (Å²) in [5.41, 5.74) is 9.00. The van der Waals surface area contributed by atoms with Crippen LogP contribution >= 0.6 is 0 Å². The number of pyridine rings is 1. The number of fused-ring (bicyclic) bond motifs is 3. The molecule has 4 aromatic rings. The summed E-state index contributed by atoms with van der Waals surface area (Å²) in [6.07, 6.45) is -4.36. The average molecular weight is 355 g/mol. The Bertz CT molecular complexity index is 1110. The molecular formula is C20H16F3N3. The molecule has 0 radical (unpaired) electrons. The number of halogens is 3. The van der Waals surface area contributed by atoms with Gasteiger partial charge in [0.1, 0.15) is 0 Å². The van der Waals surface area contributed by atoms with Gasteiger partial charge in [0.05, 0.1) is 22.5 Å². The zero-order valence-electron chi connectivity index (χ0n) is 14.0. The Morgan fingerprint density at radius 1 is 1.00 bits per heavy atom. The second kappa shape index (κ2) is 5.85. The highest BCUT2D eigenvalue weighted by atomic mass is 19.4. The van der Waals surface area contributed by atoms with Gasteiger partial charge in [-0.2, -0.15) is 13.2 Å². The molecule has 0 saturated carbocycles. The Labute approximate surface area is 147 Å². The van der Waals surface area contributed by atoms with Gasteiger partial charge in [-0.05, 0) is 24.3 Å². The van der Waals surface area contributed by atoms with Crippen LogP contribution in [0.4, 0.5) is 13.2 Å². The number of benzene rings is 2. The lowest BCUT2D eigenvalue weighted by molar-refractivity contribution is -0.137. The van der Waals surface area contributed by atoms with E-state index < -0.39 is 11.7 Å². The summed E-state index contributed by atoms with van der Waals surface area (Å²) in [4.78, 5) is 4.61. The van der Waals surface area contributed by atoms with Gasteiger partial charge in [-0.1, -0.05) is 30.3 Å². The zero-order valence-corrected chi connectivity index (χ0v) is 14.0. The van der Waals surface area contributed by atoms with Crippen molar-refractivity contribution < 1.29 is 13.2 Å². The van der Waals surface area contributed by atoms with Crippen LogP contribution in [-0.2, 0) is 19.8 Å². The molecule has 2 aromatic heterocycles. The normalized spacial score (nSPS) is 12.2. The minimum Gasteiger partial charge on any atom is -0.342 e. The van der Waals surface area contributed by atoms with E-state index in [1.54, 1.807) is 0 Å². The number of aryl methyl sites for hydroxylation is 1. The van der Waals surface area contributed by atoms with Crippen LogP contribution in [0.25, 0.3) is 33.1 Å². The molecule has 2 N–H and O–H groups in total. The van der Waals surface area contributed by atoms with Crippen molar-refractivity contribution in [2.75, 3.05) is 0 Å². The highest BCUT2D eigenvalue weighted by molar-refractivity contribution is 6.11. The molecule has 2 aromatic carbocycles. The van der Waals surface area contributed by atoms with Gasteiger partial charge in [0.15, 0.2) is 0 Å². The van der Waals surface area contributed by atoms with Crippen LogP contribution in [0.5, 0.6) is 0 Å². The van der Waals surface area contributed by atoms with E-state index in [4.69, 9.17) is 5.73 Å². The van der Waals surface area contributed by atoms with E-state index >= 15 is 0 Å². The van der Waals surface area contributed by atoms with E-state index in [1.807, 2.05) is 41.9 Å². The first-order valence-electron chi connectivity index (χ1n) is 8.15. The SMILES string of the molecule is Cn1c2ccccc2c2cc(CN)nc(-c3ccc(C(F)(F)F)cc3)c21. The third kappa shape index (κ3) is 2.54. The third-order valence-corrected chi connectivity index (χ3v) is 4.63. The smallest absolute Gasteiger partial charge is 0.342 e. The topological polar surface area (TPSA) is 43.8 Å². The van der Waals surface area contributed by atoms with E-state index in [0.717, 1.165) is 33.9 Å². The molecule has 0 unspecified atom stereocenters. The van der Waals surface area contributed by atoms with Gasteiger partial charge in [0, 0.05) is 35.4 Å². The van der Waals surface area contributed by atoms with Crippen molar-refractivity contribution >= 4 is 21.8 Å². The van der Waals surface area contributed by atoms with Crippen molar-refractivity contribution in [1.29, 1.82) is 0 Å². The Morgan fingerprint density at radius 2 is 1.69 bits per heavy atom. The maximum absolute atomic E-state index is 12.9. The number of aromatic nitrogens is 2. The molecule has 6 heteroatoms. The summed E-state index contributed by atoms with van der Waals surface area (Å²) in [5.74, 6) is 0. The molecular weight excluding hydrogens is 339 g/mol. The summed E-state index contributed by atoms with van der Waals surface area (Å²) in [5, 5.41) is 2.06. The molecule has 0 aliphatic heterocycles. The van der Waals surface area contributed by atoms with Crippen LogP contribution in [0, 0.1) is 0 Å². The van der Waals surface area contributed by atoms with Gasteiger partial charge >= 0.3 is 6.18 Å². The molecule has 0 atom stereocenters. The number of hydrogen-bond acceptors (Lipinski definition) is 2. The predicted molar refractivity (Wildman–Crippen MR) is 96.5 cm³/mol. The first kappa shape index (κ1) is 16.6. The molecule has 0 fully saturated rings. The largest absolute Gasteiger partial charge is 0.416 e. The van der Waals surface area contributed by atoms with E-state index in [9.17, 15) is 13.2 Å². The molecule has 0 amide bonds. The van der Waals surface area contributed by atoms with E-state index in [0.29, 0.717) is 17.0 Å². The quantitative estimate of drug-likeness (QED) is 0.557. The number of alkyl halides is 3. The fourth-order valence-corrected chi connectivity index (χ4v) is 3.37. The summed E-state index contributed by atoms with van der Waals surface area (Å²) in [6, 6.07) is 15.0. The Balaban J connectivity index is 2.03. The van der Waals surface area contributed by atoms with Crippen molar-refractivity contribution in [3.8, 4) is 11.3 Å². The fraction of sp³-hybridized carbons (Fsp3) is 0.150. The predicted octanol–water partition coefficient (Wildman–Crippen LogP) is 4.87.